The highest BCUT2D eigenvalue weighted by atomic mass is 19.1. The molecule has 1 fully saturated rings. The Bertz CT molecular complexity index is 1300. The average Bonchev–Trinajstić information content (AvgIpc) is 3.16. The summed E-state index contributed by atoms with van der Waals surface area (Å²) in [7, 11) is 0. The predicted molar refractivity (Wildman–Crippen MR) is 113 cm³/mol. The molecule has 4 rings (SSSR count). The molecule has 0 spiro atoms. The number of hydrogen-bond acceptors (Lipinski definition) is 5. The van der Waals surface area contributed by atoms with Gasteiger partial charge in [-0.3, -0.25) is 9.59 Å². The molecule has 1 saturated heterocycles. The van der Waals surface area contributed by atoms with Gasteiger partial charge in [0.15, 0.2) is 5.82 Å². The van der Waals surface area contributed by atoms with Gasteiger partial charge in [0.2, 0.25) is 11.3 Å². The SMILES string of the molecule is CC(=O)NC1CCN(c2c(F)cc3c(=O)c(C(=O)O)cn(-c4ccc(O)cc4)c3c2F)C1. The van der Waals surface area contributed by atoms with E-state index in [1.165, 1.54) is 36.1 Å². The second-order valence-electron chi connectivity index (χ2n) is 7.61. The first kappa shape index (κ1) is 21.3. The molecule has 1 atom stereocenters. The fourth-order valence-corrected chi connectivity index (χ4v) is 4.03. The number of halogens is 2. The summed E-state index contributed by atoms with van der Waals surface area (Å²) in [5.41, 5.74) is -2.04. The number of benzene rings is 2. The molecule has 2 heterocycles. The van der Waals surface area contributed by atoms with Gasteiger partial charge in [-0.05, 0) is 36.8 Å². The molecule has 166 valence electrons. The van der Waals surface area contributed by atoms with Crippen LogP contribution in [-0.4, -0.2) is 45.8 Å². The summed E-state index contributed by atoms with van der Waals surface area (Å²) in [6.07, 6.45) is 1.47. The van der Waals surface area contributed by atoms with Crippen LogP contribution in [0.1, 0.15) is 23.7 Å². The second kappa shape index (κ2) is 7.95. The number of fused-ring (bicyclic) bond motifs is 1. The van der Waals surface area contributed by atoms with Crippen LogP contribution in [-0.2, 0) is 4.79 Å². The molecule has 8 nitrogen and oxygen atoms in total. The lowest BCUT2D eigenvalue weighted by Gasteiger charge is -2.22. The number of anilines is 1. The summed E-state index contributed by atoms with van der Waals surface area (Å²) in [6.45, 7) is 1.81. The van der Waals surface area contributed by atoms with Gasteiger partial charge in [0.05, 0.1) is 10.9 Å². The zero-order chi connectivity index (χ0) is 23.2. The molecule has 10 heteroatoms. The molecule has 0 radical (unpaired) electrons. The molecule has 0 bridgehead atoms. The highest BCUT2D eigenvalue weighted by Gasteiger charge is 2.30. The number of pyridine rings is 1. The van der Waals surface area contributed by atoms with Gasteiger partial charge in [0.25, 0.3) is 0 Å². The summed E-state index contributed by atoms with van der Waals surface area (Å²) >= 11 is 0. The lowest BCUT2D eigenvalue weighted by molar-refractivity contribution is -0.119. The van der Waals surface area contributed by atoms with E-state index in [2.05, 4.69) is 5.32 Å². The van der Waals surface area contributed by atoms with Gasteiger partial charge in [-0.2, -0.15) is 0 Å². The van der Waals surface area contributed by atoms with E-state index in [1.54, 1.807) is 0 Å². The maximum Gasteiger partial charge on any atom is 0.341 e. The van der Waals surface area contributed by atoms with Crippen LogP contribution in [0.2, 0.25) is 0 Å². The number of carboxylic acid groups (broad SMARTS) is 1. The van der Waals surface area contributed by atoms with Crippen molar-refractivity contribution in [3.63, 3.8) is 0 Å². The van der Waals surface area contributed by atoms with Crippen molar-refractivity contribution >= 4 is 28.5 Å². The number of phenolic OH excluding ortho intramolecular Hbond substituents is 1. The number of amides is 1. The van der Waals surface area contributed by atoms with E-state index in [0.29, 0.717) is 6.42 Å². The lowest BCUT2D eigenvalue weighted by Crippen LogP contribution is -2.36. The molecular weight excluding hydrogens is 424 g/mol. The van der Waals surface area contributed by atoms with Gasteiger partial charge in [-0.1, -0.05) is 0 Å². The molecule has 1 aliphatic rings. The number of aromatic nitrogens is 1. The van der Waals surface area contributed by atoms with Crippen LogP contribution < -0.4 is 15.6 Å². The van der Waals surface area contributed by atoms with Crippen molar-refractivity contribution in [1.82, 2.24) is 9.88 Å². The van der Waals surface area contributed by atoms with Crippen LogP contribution in [0, 0.1) is 11.6 Å². The number of phenols is 1. The van der Waals surface area contributed by atoms with Crippen LogP contribution >= 0.6 is 0 Å². The van der Waals surface area contributed by atoms with Crippen LogP contribution in [0.4, 0.5) is 14.5 Å². The third-order valence-corrected chi connectivity index (χ3v) is 5.43. The third-order valence-electron chi connectivity index (χ3n) is 5.43. The number of aromatic carboxylic acids is 1. The van der Waals surface area contributed by atoms with Crippen molar-refractivity contribution in [3.8, 4) is 11.4 Å². The zero-order valence-corrected chi connectivity index (χ0v) is 16.9. The van der Waals surface area contributed by atoms with E-state index in [0.717, 1.165) is 16.8 Å². The summed E-state index contributed by atoms with van der Waals surface area (Å²) in [5.74, 6) is -3.88. The molecule has 32 heavy (non-hydrogen) atoms. The molecule has 1 unspecified atom stereocenters. The Kier molecular flexibility index (Phi) is 5.29. The minimum atomic E-state index is -1.54. The first-order chi connectivity index (χ1) is 15.2. The summed E-state index contributed by atoms with van der Waals surface area (Å²) < 4.78 is 32.0. The number of carboxylic acids is 1. The number of rotatable bonds is 4. The Labute approximate surface area is 180 Å². The summed E-state index contributed by atoms with van der Waals surface area (Å²) in [5, 5.41) is 21.3. The molecule has 0 aliphatic carbocycles. The molecule has 1 aromatic heterocycles. The van der Waals surface area contributed by atoms with Crippen molar-refractivity contribution in [2.24, 2.45) is 0 Å². The van der Waals surface area contributed by atoms with E-state index in [9.17, 15) is 24.6 Å². The summed E-state index contributed by atoms with van der Waals surface area (Å²) in [4.78, 5) is 37.0. The first-order valence-electron chi connectivity index (χ1n) is 9.79. The molecule has 1 amide bonds. The number of carbonyl (C=O) groups is 2. The van der Waals surface area contributed by atoms with Gasteiger partial charge in [0, 0.05) is 37.9 Å². The van der Waals surface area contributed by atoms with Crippen molar-refractivity contribution < 1.29 is 28.6 Å². The van der Waals surface area contributed by atoms with Crippen molar-refractivity contribution in [3.05, 3.63) is 63.9 Å². The Balaban J connectivity index is 1.96. The van der Waals surface area contributed by atoms with E-state index in [1.807, 2.05) is 0 Å². The van der Waals surface area contributed by atoms with Gasteiger partial charge in [-0.15, -0.1) is 0 Å². The molecule has 0 saturated carbocycles. The number of nitrogens with zero attached hydrogens (tertiary/aromatic N) is 2. The molecule has 3 N–H and O–H groups in total. The minimum Gasteiger partial charge on any atom is -0.508 e. The molecular formula is C22H19F2N3O5. The van der Waals surface area contributed by atoms with Crippen LogP contribution in [0.5, 0.6) is 5.75 Å². The third kappa shape index (κ3) is 3.64. The topological polar surface area (TPSA) is 112 Å². The Morgan fingerprint density at radius 3 is 2.50 bits per heavy atom. The largest absolute Gasteiger partial charge is 0.508 e. The first-order valence-corrected chi connectivity index (χ1v) is 9.79. The number of carbonyl (C=O) groups excluding carboxylic acids is 1. The number of hydrogen-bond donors (Lipinski definition) is 3. The van der Waals surface area contributed by atoms with E-state index < -0.39 is 34.0 Å². The zero-order valence-electron chi connectivity index (χ0n) is 16.9. The van der Waals surface area contributed by atoms with Crippen LogP contribution in [0.25, 0.3) is 16.6 Å². The molecule has 2 aromatic carbocycles. The lowest BCUT2D eigenvalue weighted by atomic mass is 10.1. The highest BCUT2D eigenvalue weighted by Crippen LogP contribution is 2.33. The fraction of sp³-hybridized carbons (Fsp3) is 0.227. The normalized spacial score (nSPS) is 15.8. The molecule has 3 aromatic rings. The van der Waals surface area contributed by atoms with Gasteiger partial charge in [0.1, 0.15) is 22.8 Å². The van der Waals surface area contributed by atoms with Crippen molar-refractivity contribution in [2.45, 2.75) is 19.4 Å². The Morgan fingerprint density at radius 2 is 1.88 bits per heavy atom. The quantitative estimate of drug-likeness (QED) is 0.571. The van der Waals surface area contributed by atoms with Gasteiger partial charge < -0.3 is 25.0 Å². The number of aromatic hydroxyl groups is 1. The van der Waals surface area contributed by atoms with Crippen LogP contribution in [0.3, 0.4) is 0 Å². The second-order valence-corrected chi connectivity index (χ2v) is 7.61. The monoisotopic (exact) mass is 443 g/mol. The highest BCUT2D eigenvalue weighted by molar-refractivity contribution is 5.94. The fourth-order valence-electron chi connectivity index (χ4n) is 4.03. The van der Waals surface area contributed by atoms with Gasteiger partial charge >= 0.3 is 5.97 Å². The molecule has 1 aliphatic heterocycles. The number of nitrogens with one attached hydrogen (secondary N) is 1. The standard InChI is InChI=1S/C22H19F2N3O5/c1-11(28)25-12-6-7-26(9-12)20-17(23)8-15-19(18(20)24)27(10-16(21(15)30)22(31)32)13-2-4-14(29)5-3-13/h2-5,8,10,12,29H,6-7,9H2,1H3,(H,25,28)(H,31,32). The Morgan fingerprint density at radius 1 is 1.19 bits per heavy atom. The van der Waals surface area contributed by atoms with E-state index in [4.69, 9.17) is 0 Å². The predicted octanol–water partition coefficient (Wildman–Crippen LogP) is 2.39. The minimum absolute atomic E-state index is 0.0640. The van der Waals surface area contributed by atoms with Crippen molar-refractivity contribution in [1.29, 1.82) is 0 Å². The summed E-state index contributed by atoms with van der Waals surface area (Å²) in [6, 6.07) is 6.02. The van der Waals surface area contributed by atoms with Crippen LogP contribution in [0.15, 0.2) is 41.3 Å². The average molecular weight is 443 g/mol. The smallest absolute Gasteiger partial charge is 0.341 e. The van der Waals surface area contributed by atoms with Gasteiger partial charge in [-0.25, -0.2) is 13.6 Å². The van der Waals surface area contributed by atoms with E-state index in [-0.39, 0.29) is 47.7 Å². The maximum atomic E-state index is 15.8. The maximum absolute atomic E-state index is 15.8. The van der Waals surface area contributed by atoms with E-state index >= 15 is 8.78 Å². The van der Waals surface area contributed by atoms with Crippen molar-refractivity contribution in [2.75, 3.05) is 18.0 Å². The Hall–Kier alpha value is -3.95.